The molecule has 4 nitrogen and oxygen atoms in total. The van der Waals surface area contributed by atoms with Crippen LogP contribution in [-0.2, 0) is 6.54 Å². The molecule has 0 amide bonds. The lowest BCUT2D eigenvalue weighted by atomic mass is 10.1. The van der Waals surface area contributed by atoms with Gasteiger partial charge < -0.3 is 10.8 Å². The Morgan fingerprint density at radius 3 is 2.71 bits per heavy atom. The molecule has 0 fully saturated rings. The van der Waals surface area contributed by atoms with E-state index in [0.29, 0.717) is 4.47 Å². The van der Waals surface area contributed by atoms with Crippen molar-refractivity contribution in [1.82, 2.24) is 0 Å². The fraction of sp³-hybridized carbons (Fsp3) is 0.111. The van der Waals surface area contributed by atoms with Gasteiger partial charge in [0.2, 0.25) is 0 Å². The number of benzene rings is 1. The van der Waals surface area contributed by atoms with Gasteiger partial charge in [-0.05, 0) is 33.6 Å². The van der Waals surface area contributed by atoms with Crippen LogP contribution < -0.4 is 5.73 Å². The first kappa shape index (κ1) is 10.7. The zero-order chi connectivity index (χ0) is 10.7. The smallest absolute Gasteiger partial charge is 0.338 e. The molecule has 0 unspecified atom stereocenters. The second-order valence-corrected chi connectivity index (χ2v) is 3.48. The van der Waals surface area contributed by atoms with Crippen LogP contribution in [0.2, 0.25) is 0 Å². The first-order valence-electron chi connectivity index (χ1n) is 3.76. The largest absolute Gasteiger partial charge is 0.478 e. The normalized spacial score (nSPS) is 9.50. The van der Waals surface area contributed by atoms with Gasteiger partial charge in [-0.3, -0.25) is 0 Å². The summed E-state index contributed by atoms with van der Waals surface area (Å²) < 4.78 is 0.379. The number of rotatable bonds is 2. The molecule has 0 saturated heterocycles. The lowest BCUT2D eigenvalue weighted by Gasteiger charge is -2.04. The van der Waals surface area contributed by atoms with Gasteiger partial charge in [-0.2, -0.15) is 5.26 Å². The highest BCUT2D eigenvalue weighted by molar-refractivity contribution is 9.10. The van der Waals surface area contributed by atoms with E-state index in [2.05, 4.69) is 15.9 Å². The summed E-state index contributed by atoms with van der Waals surface area (Å²) in [6.45, 7) is 0.271. The number of halogens is 1. The lowest BCUT2D eigenvalue weighted by Crippen LogP contribution is -2.05. The predicted molar refractivity (Wildman–Crippen MR) is 53.7 cm³/mol. The number of carboxylic acid groups (broad SMARTS) is 1. The number of carboxylic acids is 1. The molecule has 0 aliphatic rings. The van der Waals surface area contributed by atoms with Gasteiger partial charge in [0.25, 0.3) is 0 Å². The van der Waals surface area contributed by atoms with E-state index in [1.807, 2.05) is 6.07 Å². The fourth-order valence-electron chi connectivity index (χ4n) is 1.09. The highest BCUT2D eigenvalue weighted by atomic mass is 79.9. The van der Waals surface area contributed by atoms with Gasteiger partial charge in [0.05, 0.1) is 11.1 Å². The summed E-state index contributed by atoms with van der Waals surface area (Å²) in [5.41, 5.74) is 6.21. The van der Waals surface area contributed by atoms with E-state index < -0.39 is 5.97 Å². The van der Waals surface area contributed by atoms with Crippen molar-refractivity contribution in [3.05, 3.63) is 33.3 Å². The summed E-state index contributed by atoms with van der Waals surface area (Å²) >= 11 is 3.09. The third-order valence-corrected chi connectivity index (χ3v) is 2.35. The van der Waals surface area contributed by atoms with Gasteiger partial charge in [-0.25, -0.2) is 4.79 Å². The molecule has 0 bridgehead atoms. The van der Waals surface area contributed by atoms with E-state index >= 15 is 0 Å². The van der Waals surface area contributed by atoms with Gasteiger partial charge in [0.15, 0.2) is 0 Å². The second kappa shape index (κ2) is 4.22. The maximum absolute atomic E-state index is 10.8. The molecule has 0 radical (unpaired) electrons. The van der Waals surface area contributed by atoms with Crippen molar-refractivity contribution in [3.63, 3.8) is 0 Å². The Kier molecular flexibility index (Phi) is 3.23. The van der Waals surface area contributed by atoms with Crippen molar-refractivity contribution in [3.8, 4) is 6.07 Å². The molecular weight excluding hydrogens is 248 g/mol. The molecule has 0 spiro atoms. The van der Waals surface area contributed by atoms with Crippen LogP contribution in [0, 0.1) is 11.3 Å². The Labute approximate surface area is 89.1 Å². The summed E-state index contributed by atoms with van der Waals surface area (Å²) in [6, 6.07) is 4.91. The minimum absolute atomic E-state index is 0.0234. The lowest BCUT2D eigenvalue weighted by molar-refractivity contribution is 0.0695. The van der Waals surface area contributed by atoms with Crippen molar-refractivity contribution >= 4 is 21.9 Å². The van der Waals surface area contributed by atoms with Crippen LogP contribution in [0.4, 0.5) is 0 Å². The third kappa shape index (κ3) is 1.92. The molecule has 72 valence electrons. The maximum atomic E-state index is 10.8. The van der Waals surface area contributed by atoms with E-state index in [-0.39, 0.29) is 17.7 Å². The molecule has 0 aromatic heterocycles. The summed E-state index contributed by atoms with van der Waals surface area (Å²) in [5.74, 6) is -1.13. The van der Waals surface area contributed by atoms with Crippen LogP contribution in [0.3, 0.4) is 0 Å². The second-order valence-electron chi connectivity index (χ2n) is 2.62. The zero-order valence-electron chi connectivity index (χ0n) is 7.12. The van der Waals surface area contributed by atoms with E-state index in [1.165, 1.54) is 6.07 Å². The van der Waals surface area contributed by atoms with Crippen molar-refractivity contribution in [2.75, 3.05) is 0 Å². The SMILES string of the molecule is N#Cc1cc(CN)cc(Br)c1C(=O)O. The molecule has 1 rings (SSSR count). The molecule has 0 heterocycles. The minimum Gasteiger partial charge on any atom is -0.478 e. The summed E-state index contributed by atoms with van der Waals surface area (Å²) in [6.07, 6.45) is 0. The van der Waals surface area contributed by atoms with Gasteiger partial charge >= 0.3 is 5.97 Å². The molecule has 0 aliphatic heterocycles. The quantitative estimate of drug-likeness (QED) is 0.837. The Morgan fingerprint density at radius 2 is 2.29 bits per heavy atom. The molecule has 1 aromatic rings. The fourth-order valence-corrected chi connectivity index (χ4v) is 1.76. The van der Waals surface area contributed by atoms with Crippen molar-refractivity contribution in [2.24, 2.45) is 5.73 Å². The average molecular weight is 255 g/mol. The first-order chi connectivity index (χ1) is 6.60. The Hall–Kier alpha value is -1.38. The Morgan fingerprint density at radius 1 is 1.64 bits per heavy atom. The number of aromatic carboxylic acids is 1. The zero-order valence-corrected chi connectivity index (χ0v) is 8.71. The van der Waals surface area contributed by atoms with Gasteiger partial charge in [0, 0.05) is 11.0 Å². The Bertz CT molecular complexity index is 424. The first-order valence-corrected chi connectivity index (χ1v) is 4.55. The van der Waals surface area contributed by atoms with Crippen LogP contribution in [-0.4, -0.2) is 11.1 Å². The molecule has 0 saturated carbocycles. The molecule has 3 N–H and O–H groups in total. The van der Waals surface area contributed by atoms with Crippen molar-refractivity contribution in [2.45, 2.75) is 6.54 Å². The molecule has 1 aromatic carbocycles. The summed E-state index contributed by atoms with van der Waals surface area (Å²) in [7, 11) is 0. The number of nitrogens with two attached hydrogens (primary N) is 1. The maximum Gasteiger partial charge on any atom is 0.338 e. The van der Waals surface area contributed by atoms with E-state index in [1.54, 1.807) is 6.07 Å². The predicted octanol–water partition coefficient (Wildman–Crippen LogP) is 1.48. The van der Waals surface area contributed by atoms with E-state index in [9.17, 15) is 4.79 Å². The molecule has 14 heavy (non-hydrogen) atoms. The molecule has 5 heteroatoms. The number of carbonyl (C=O) groups is 1. The Balaban J connectivity index is 3.44. The topological polar surface area (TPSA) is 87.1 Å². The third-order valence-electron chi connectivity index (χ3n) is 1.72. The van der Waals surface area contributed by atoms with Crippen molar-refractivity contribution < 1.29 is 9.90 Å². The minimum atomic E-state index is -1.13. The standard InChI is InChI=1S/C9H7BrN2O2/c10-7-2-5(3-11)1-6(4-12)8(7)9(13)14/h1-2H,3,11H2,(H,13,14). The van der Waals surface area contributed by atoms with Crippen LogP contribution >= 0.6 is 15.9 Å². The molecule has 0 atom stereocenters. The average Bonchev–Trinajstić information content (AvgIpc) is 2.15. The van der Waals surface area contributed by atoms with Crippen LogP contribution in [0.1, 0.15) is 21.5 Å². The number of hydrogen-bond acceptors (Lipinski definition) is 3. The van der Waals surface area contributed by atoms with E-state index in [4.69, 9.17) is 16.1 Å². The number of hydrogen-bond donors (Lipinski definition) is 2. The van der Waals surface area contributed by atoms with Crippen LogP contribution in [0.25, 0.3) is 0 Å². The highest BCUT2D eigenvalue weighted by Crippen LogP contribution is 2.22. The number of nitrogens with zero attached hydrogens (tertiary/aromatic N) is 1. The number of nitriles is 1. The monoisotopic (exact) mass is 254 g/mol. The van der Waals surface area contributed by atoms with Crippen LogP contribution in [0.15, 0.2) is 16.6 Å². The van der Waals surface area contributed by atoms with Crippen LogP contribution in [0.5, 0.6) is 0 Å². The summed E-state index contributed by atoms with van der Waals surface area (Å²) in [5, 5.41) is 17.6. The van der Waals surface area contributed by atoms with Gasteiger partial charge in [0.1, 0.15) is 6.07 Å². The molecular formula is C9H7BrN2O2. The van der Waals surface area contributed by atoms with Crippen molar-refractivity contribution in [1.29, 1.82) is 5.26 Å². The molecule has 0 aliphatic carbocycles. The van der Waals surface area contributed by atoms with E-state index in [0.717, 1.165) is 5.56 Å². The van der Waals surface area contributed by atoms with Gasteiger partial charge in [-0.15, -0.1) is 0 Å². The highest BCUT2D eigenvalue weighted by Gasteiger charge is 2.15. The summed E-state index contributed by atoms with van der Waals surface area (Å²) in [4.78, 5) is 10.8. The van der Waals surface area contributed by atoms with Gasteiger partial charge in [-0.1, -0.05) is 0 Å².